The predicted octanol–water partition coefficient (Wildman–Crippen LogP) is 11.0. The second-order valence-electron chi connectivity index (χ2n) is 13.8. The molecule has 0 bridgehead atoms. The molecule has 0 amide bonds. The SMILES string of the molecule is CCCCCCCCCCOC(=O)CCCCN(CCCCO)CCCCC(=O)OCC(CCCCCC)CCCCCCCC. The largest absolute Gasteiger partial charge is 0.466 e. The maximum Gasteiger partial charge on any atom is 0.305 e. The summed E-state index contributed by atoms with van der Waals surface area (Å²) in [5, 5.41) is 9.22. The van der Waals surface area contributed by atoms with Crippen molar-refractivity contribution < 1.29 is 24.2 Å². The Morgan fingerprint density at radius 2 is 0.913 bits per heavy atom. The van der Waals surface area contributed by atoms with E-state index >= 15 is 0 Å². The maximum absolute atomic E-state index is 12.6. The summed E-state index contributed by atoms with van der Waals surface area (Å²) in [5.74, 6) is 0.402. The number of rotatable bonds is 37. The van der Waals surface area contributed by atoms with Gasteiger partial charge in [0.2, 0.25) is 0 Å². The van der Waals surface area contributed by atoms with Gasteiger partial charge >= 0.3 is 11.9 Å². The zero-order valence-electron chi connectivity index (χ0n) is 31.1. The minimum atomic E-state index is -0.0662. The van der Waals surface area contributed by atoms with Gasteiger partial charge in [0.25, 0.3) is 0 Å². The highest BCUT2D eigenvalue weighted by atomic mass is 16.5. The highest BCUT2D eigenvalue weighted by Gasteiger charge is 2.13. The summed E-state index contributed by atoms with van der Waals surface area (Å²) in [5.41, 5.74) is 0. The number of carbonyl (C=O) groups is 2. The molecular formula is C40H79NO5. The van der Waals surface area contributed by atoms with Gasteiger partial charge in [-0.1, -0.05) is 130 Å². The van der Waals surface area contributed by atoms with Gasteiger partial charge in [0.05, 0.1) is 13.2 Å². The Morgan fingerprint density at radius 1 is 0.500 bits per heavy atom. The van der Waals surface area contributed by atoms with Gasteiger partial charge < -0.3 is 19.5 Å². The van der Waals surface area contributed by atoms with E-state index in [2.05, 4.69) is 25.7 Å². The third-order valence-corrected chi connectivity index (χ3v) is 9.27. The minimum absolute atomic E-state index is 0.0428. The summed E-state index contributed by atoms with van der Waals surface area (Å²) < 4.78 is 11.2. The molecule has 0 aromatic heterocycles. The fraction of sp³-hybridized carbons (Fsp3) is 0.950. The van der Waals surface area contributed by atoms with Crippen LogP contribution in [0.1, 0.15) is 201 Å². The lowest BCUT2D eigenvalue weighted by molar-refractivity contribution is -0.145. The number of nitrogens with zero attached hydrogens (tertiary/aromatic N) is 1. The van der Waals surface area contributed by atoms with E-state index in [1.807, 2.05) is 0 Å². The molecule has 0 aromatic carbocycles. The Kier molecular flexibility index (Phi) is 35.8. The third kappa shape index (κ3) is 32.8. The molecule has 6 nitrogen and oxygen atoms in total. The number of esters is 2. The van der Waals surface area contributed by atoms with Crippen LogP contribution < -0.4 is 0 Å². The van der Waals surface area contributed by atoms with Gasteiger partial charge in [0.1, 0.15) is 0 Å². The van der Waals surface area contributed by atoms with Crippen LogP contribution in [-0.2, 0) is 19.1 Å². The van der Waals surface area contributed by atoms with Crippen molar-refractivity contribution >= 4 is 11.9 Å². The number of hydrogen-bond donors (Lipinski definition) is 1. The van der Waals surface area contributed by atoms with E-state index < -0.39 is 0 Å². The number of aliphatic hydroxyl groups is 1. The molecule has 0 rings (SSSR count). The quantitative estimate of drug-likeness (QED) is 0.0531. The number of hydrogen-bond acceptors (Lipinski definition) is 6. The summed E-state index contributed by atoms with van der Waals surface area (Å²) in [6, 6.07) is 0. The molecule has 0 aromatic rings. The molecule has 1 unspecified atom stereocenters. The first kappa shape index (κ1) is 44.9. The summed E-state index contributed by atoms with van der Waals surface area (Å²) >= 11 is 0. The molecule has 0 aliphatic heterocycles. The van der Waals surface area contributed by atoms with E-state index in [9.17, 15) is 14.7 Å². The first-order valence-electron chi connectivity index (χ1n) is 20.2. The molecule has 0 aliphatic carbocycles. The number of carbonyl (C=O) groups excluding carboxylic acids is 2. The molecule has 274 valence electrons. The first-order chi connectivity index (χ1) is 22.6. The topological polar surface area (TPSA) is 76.1 Å². The minimum Gasteiger partial charge on any atom is -0.466 e. The van der Waals surface area contributed by atoms with Crippen LogP contribution >= 0.6 is 0 Å². The van der Waals surface area contributed by atoms with Crippen molar-refractivity contribution in [2.75, 3.05) is 39.5 Å². The molecule has 46 heavy (non-hydrogen) atoms. The molecule has 0 fully saturated rings. The Labute approximate surface area is 286 Å². The highest BCUT2D eigenvalue weighted by molar-refractivity contribution is 5.69. The fourth-order valence-electron chi connectivity index (χ4n) is 6.15. The summed E-state index contributed by atoms with van der Waals surface area (Å²) in [7, 11) is 0. The van der Waals surface area contributed by atoms with Crippen molar-refractivity contribution in [1.29, 1.82) is 0 Å². The van der Waals surface area contributed by atoms with Crippen LogP contribution in [0.25, 0.3) is 0 Å². The Balaban J connectivity index is 4.19. The number of unbranched alkanes of at least 4 members (excludes halogenated alkanes) is 18. The van der Waals surface area contributed by atoms with Gasteiger partial charge in [-0.15, -0.1) is 0 Å². The van der Waals surface area contributed by atoms with Crippen molar-refractivity contribution in [1.82, 2.24) is 4.90 Å². The number of ether oxygens (including phenoxy) is 2. The van der Waals surface area contributed by atoms with Crippen LogP contribution in [0.15, 0.2) is 0 Å². The van der Waals surface area contributed by atoms with E-state index in [1.54, 1.807) is 0 Å². The van der Waals surface area contributed by atoms with Gasteiger partial charge in [-0.25, -0.2) is 0 Å². The highest BCUT2D eigenvalue weighted by Crippen LogP contribution is 2.20. The monoisotopic (exact) mass is 654 g/mol. The maximum atomic E-state index is 12.6. The van der Waals surface area contributed by atoms with Gasteiger partial charge in [-0.2, -0.15) is 0 Å². The number of aliphatic hydroxyl groups excluding tert-OH is 1. The molecule has 0 heterocycles. The Morgan fingerprint density at radius 3 is 1.41 bits per heavy atom. The molecule has 1 N–H and O–H groups in total. The van der Waals surface area contributed by atoms with E-state index in [-0.39, 0.29) is 18.5 Å². The summed E-state index contributed by atoms with van der Waals surface area (Å²) in [6.45, 7) is 11.0. The average Bonchev–Trinajstić information content (AvgIpc) is 3.05. The average molecular weight is 654 g/mol. The van der Waals surface area contributed by atoms with Crippen LogP contribution in [0.5, 0.6) is 0 Å². The van der Waals surface area contributed by atoms with Crippen LogP contribution in [0.4, 0.5) is 0 Å². The predicted molar refractivity (Wildman–Crippen MR) is 195 cm³/mol. The summed E-state index contributed by atoms with van der Waals surface area (Å²) in [4.78, 5) is 27.1. The van der Waals surface area contributed by atoms with Crippen molar-refractivity contribution in [3.8, 4) is 0 Å². The van der Waals surface area contributed by atoms with Crippen LogP contribution in [0.3, 0.4) is 0 Å². The van der Waals surface area contributed by atoms with Crippen LogP contribution in [0, 0.1) is 5.92 Å². The molecule has 0 aliphatic rings. The lowest BCUT2D eigenvalue weighted by Crippen LogP contribution is -2.27. The van der Waals surface area contributed by atoms with Crippen molar-refractivity contribution in [3.05, 3.63) is 0 Å². The zero-order chi connectivity index (χ0) is 33.8. The van der Waals surface area contributed by atoms with Crippen molar-refractivity contribution in [3.63, 3.8) is 0 Å². The molecule has 0 radical (unpaired) electrons. The smallest absolute Gasteiger partial charge is 0.305 e. The van der Waals surface area contributed by atoms with E-state index in [0.29, 0.717) is 32.0 Å². The van der Waals surface area contributed by atoms with Gasteiger partial charge in [0, 0.05) is 19.4 Å². The summed E-state index contributed by atoms with van der Waals surface area (Å²) in [6.07, 6.45) is 31.7. The van der Waals surface area contributed by atoms with Crippen LogP contribution in [0.2, 0.25) is 0 Å². The molecular weight excluding hydrogens is 574 g/mol. The van der Waals surface area contributed by atoms with E-state index in [4.69, 9.17) is 9.47 Å². The Hall–Kier alpha value is -1.14. The van der Waals surface area contributed by atoms with Gasteiger partial charge in [0.15, 0.2) is 0 Å². The zero-order valence-corrected chi connectivity index (χ0v) is 31.1. The normalized spacial score (nSPS) is 12.1. The molecule has 0 spiro atoms. The molecule has 0 saturated heterocycles. The van der Waals surface area contributed by atoms with E-state index in [1.165, 1.54) is 116 Å². The molecule has 0 saturated carbocycles. The fourth-order valence-corrected chi connectivity index (χ4v) is 6.15. The molecule has 6 heteroatoms. The third-order valence-electron chi connectivity index (χ3n) is 9.27. The second kappa shape index (κ2) is 36.7. The van der Waals surface area contributed by atoms with Gasteiger partial charge in [-0.3, -0.25) is 9.59 Å². The van der Waals surface area contributed by atoms with Crippen molar-refractivity contribution in [2.45, 2.75) is 201 Å². The van der Waals surface area contributed by atoms with Crippen LogP contribution in [-0.4, -0.2) is 61.4 Å². The lowest BCUT2D eigenvalue weighted by Gasteiger charge is -2.22. The Bertz CT molecular complexity index is 643. The molecule has 1 atom stereocenters. The standard InChI is InChI=1S/C40H79NO5/c1-4-7-10-13-15-16-18-27-36-45-39(43)30-21-23-32-41(34-25-26-35-42)33-24-22-31-40(44)46-37-38(28-19-12-9-6-3)29-20-17-14-11-8-5-2/h38,42H,4-37H2,1-3H3. The van der Waals surface area contributed by atoms with Crippen molar-refractivity contribution in [2.24, 2.45) is 5.92 Å². The second-order valence-corrected chi connectivity index (χ2v) is 13.8. The van der Waals surface area contributed by atoms with E-state index in [0.717, 1.165) is 71.0 Å². The van der Waals surface area contributed by atoms with Gasteiger partial charge in [-0.05, 0) is 83.3 Å². The first-order valence-corrected chi connectivity index (χ1v) is 20.2. The lowest BCUT2D eigenvalue weighted by atomic mass is 9.95.